The van der Waals surface area contributed by atoms with E-state index in [1.165, 1.54) is 10.4 Å². The van der Waals surface area contributed by atoms with Gasteiger partial charge in [-0.2, -0.15) is 9.29 Å². The molecular weight excluding hydrogens is 369 g/mol. The highest BCUT2D eigenvalue weighted by molar-refractivity contribution is 7.89. The molecule has 0 bridgehead atoms. The van der Waals surface area contributed by atoms with Crippen molar-refractivity contribution < 1.29 is 17.5 Å². The summed E-state index contributed by atoms with van der Waals surface area (Å²) in [6.07, 6.45) is 0.232. The van der Waals surface area contributed by atoms with Gasteiger partial charge in [-0.1, -0.05) is 11.6 Å². The van der Waals surface area contributed by atoms with Crippen LogP contribution in [-0.4, -0.2) is 41.9 Å². The van der Waals surface area contributed by atoms with Gasteiger partial charge in [-0.15, -0.1) is 0 Å². The molecule has 1 aliphatic rings. The summed E-state index contributed by atoms with van der Waals surface area (Å²) in [4.78, 5) is 8.35. The lowest BCUT2D eigenvalue weighted by molar-refractivity contribution is 0.206. The van der Waals surface area contributed by atoms with Crippen LogP contribution in [0.3, 0.4) is 0 Å². The molecule has 1 saturated heterocycles. The van der Waals surface area contributed by atoms with Crippen LogP contribution in [0, 0.1) is 19.7 Å². The van der Waals surface area contributed by atoms with Crippen molar-refractivity contribution >= 4 is 21.6 Å². The number of sulfonamides is 1. The van der Waals surface area contributed by atoms with Crippen molar-refractivity contribution in [2.24, 2.45) is 0 Å². The Morgan fingerprint density at radius 1 is 1.28 bits per heavy atom. The number of rotatable bonds is 4. The van der Waals surface area contributed by atoms with Crippen molar-refractivity contribution in [1.29, 1.82) is 0 Å². The molecule has 25 heavy (non-hydrogen) atoms. The second-order valence-electron chi connectivity index (χ2n) is 5.86. The fraction of sp³-hybridized carbons (Fsp3) is 0.375. The zero-order valence-corrected chi connectivity index (χ0v) is 15.3. The highest BCUT2D eigenvalue weighted by atomic mass is 35.5. The molecule has 0 saturated carbocycles. The zero-order chi connectivity index (χ0) is 18.2. The minimum atomic E-state index is -3.75. The quantitative estimate of drug-likeness (QED) is 0.809. The monoisotopic (exact) mass is 385 g/mol. The van der Waals surface area contributed by atoms with Crippen LogP contribution in [0.4, 0.5) is 4.39 Å². The van der Waals surface area contributed by atoms with E-state index in [1.54, 1.807) is 13.0 Å². The van der Waals surface area contributed by atoms with Gasteiger partial charge in [0.05, 0.1) is 16.5 Å². The minimum Gasteiger partial charge on any atom is -0.473 e. The first-order valence-electron chi connectivity index (χ1n) is 7.70. The topological polar surface area (TPSA) is 72.4 Å². The van der Waals surface area contributed by atoms with Gasteiger partial charge in [-0.05, 0) is 38.5 Å². The van der Waals surface area contributed by atoms with Gasteiger partial charge in [0.25, 0.3) is 0 Å². The fourth-order valence-electron chi connectivity index (χ4n) is 2.71. The maximum absolute atomic E-state index is 13.3. The number of ether oxygens (including phenoxy) is 1. The molecule has 0 spiro atoms. The Labute approximate surface area is 150 Å². The fourth-order valence-corrected chi connectivity index (χ4v) is 4.47. The molecule has 0 radical (unpaired) electrons. The van der Waals surface area contributed by atoms with E-state index in [9.17, 15) is 12.8 Å². The predicted octanol–water partition coefficient (Wildman–Crippen LogP) is 2.73. The maximum Gasteiger partial charge on any atom is 0.243 e. The van der Waals surface area contributed by atoms with Gasteiger partial charge in [-0.3, -0.25) is 0 Å². The molecule has 3 rings (SSSR count). The van der Waals surface area contributed by atoms with Crippen molar-refractivity contribution in [3.63, 3.8) is 0 Å². The molecule has 134 valence electrons. The molecule has 1 fully saturated rings. The van der Waals surface area contributed by atoms with E-state index >= 15 is 0 Å². The Hall–Kier alpha value is -1.77. The zero-order valence-electron chi connectivity index (χ0n) is 13.7. The van der Waals surface area contributed by atoms with Crippen LogP contribution in [-0.2, 0) is 10.0 Å². The van der Waals surface area contributed by atoms with E-state index in [0.29, 0.717) is 24.7 Å². The summed E-state index contributed by atoms with van der Waals surface area (Å²) in [5.41, 5.74) is 0.783. The van der Waals surface area contributed by atoms with Gasteiger partial charge in [0.1, 0.15) is 17.7 Å². The third kappa shape index (κ3) is 3.91. The van der Waals surface area contributed by atoms with Crippen molar-refractivity contribution in [3.05, 3.63) is 46.6 Å². The van der Waals surface area contributed by atoms with Gasteiger partial charge in [0, 0.05) is 18.3 Å². The van der Waals surface area contributed by atoms with Crippen LogP contribution in [0.25, 0.3) is 0 Å². The standard InChI is InChI=1S/C16H17ClFN3O3S/c1-10-7-16(20-11(2)19-10)24-12-5-6-21(9-12)25(22,23)13-3-4-15(18)14(17)8-13/h3-4,7-8,12H,5-6,9H2,1-2H3/t12-/m0/s1. The SMILES string of the molecule is Cc1cc(O[C@H]2CCN(S(=O)(=O)c3ccc(F)c(Cl)c3)C2)nc(C)n1. The summed E-state index contributed by atoms with van der Waals surface area (Å²) in [7, 11) is -3.75. The summed E-state index contributed by atoms with van der Waals surface area (Å²) in [6, 6.07) is 5.09. The minimum absolute atomic E-state index is 0.0340. The lowest BCUT2D eigenvalue weighted by atomic mass is 10.3. The third-order valence-corrected chi connectivity index (χ3v) is 6.02. The molecule has 2 heterocycles. The number of hydrogen-bond acceptors (Lipinski definition) is 5. The van der Waals surface area contributed by atoms with E-state index in [2.05, 4.69) is 9.97 Å². The summed E-state index contributed by atoms with van der Waals surface area (Å²) in [5.74, 6) is 0.371. The molecule has 1 aromatic carbocycles. The molecule has 2 aromatic rings. The molecule has 0 aliphatic carbocycles. The Kier molecular flexibility index (Phi) is 4.95. The number of benzene rings is 1. The van der Waals surface area contributed by atoms with Crippen molar-refractivity contribution in [1.82, 2.24) is 14.3 Å². The normalized spacial score (nSPS) is 18.5. The van der Waals surface area contributed by atoms with Crippen LogP contribution in [0.1, 0.15) is 17.9 Å². The van der Waals surface area contributed by atoms with Gasteiger partial charge < -0.3 is 4.74 Å². The molecule has 0 N–H and O–H groups in total. The summed E-state index contributed by atoms with van der Waals surface area (Å²) in [5, 5.41) is -0.222. The van der Waals surface area contributed by atoms with Crippen molar-refractivity contribution in [3.8, 4) is 5.88 Å². The first-order chi connectivity index (χ1) is 11.8. The number of nitrogens with zero attached hydrogens (tertiary/aromatic N) is 3. The molecule has 1 aromatic heterocycles. The lowest BCUT2D eigenvalue weighted by Crippen LogP contribution is -2.31. The van der Waals surface area contributed by atoms with Crippen LogP contribution in [0.5, 0.6) is 5.88 Å². The lowest BCUT2D eigenvalue weighted by Gasteiger charge is -2.17. The Balaban J connectivity index is 1.74. The summed E-state index contributed by atoms with van der Waals surface area (Å²) < 4.78 is 45.7. The Morgan fingerprint density at radius 3 is 2.72 bits per heavy atom. The van der Waals surface area contributed by atoms with E-state index in [1.807, 2.05) is 6.92 Å². The van der Waals surface area contributed by atoms with Gasteiger partial charge in [0.15, 0.2) is 0 Å². The van der Waals surface area contributed by atoms with Crippen LogP contribution in [0.2, 0.25) is 5.02 Å². The maximum atomic E-state index is 13.3. The smallest absolute Gasteiger partial charge is 0.243 e. The summed E-state index contributed by atoms with van der Waals surface area (Å²) in [6.45, 7) is 4.11. The highest BCUT2D eigenvalue weighted by Crippen LogP contribution is 2.26. The molecule has 6 nitrogen and oxygen atoms in total. The van der Waals surface area contributed by atoms with Crippen molar-refractivity contribution in [2.75, 3.05) is 13.1 Å². The molecule has 0 unspecified atom stereocenters. The number of halogens is 2. The van der Waals surface area contributed by atoms with E-state index in [4.69, 9.17) is 16.3 Å². The largest absolute Gasteiger partial charge is 0.473 e. The molecule has 1 atom stereocenters. The van der Waals surface area contributed by atoms with Crippen molar-refractivity contribution in [2.45, 2.75) is 31.3 Å². The van der Waals surface area contributed by atoms with Gasteiger partial charge >= 0.3 is 0 Å². The number of aryl methyl sites for hydroxylation is 2. The average Bonchev–Trinajstić information content (AvgIpc) is 2.98. The Morgan fingerprint density at radius 2 is 2.04 bits per heavy atom. The van der Waals surface area contributed by atoms with E-state index in [-0.39, 0.29) is 22.6 Å². The first-order valence-corrected chi connectivity index (χ1v) is 9.51. The van der Waals surface area contributed by atoms with Gasteiger partial charge in [-0.25, -0.2) is 17.8 Å². The average molecular weight is 386 g/mol. The van der Waals surface area contributed by atoms with Crippen LogP contribution in [0.15, 0.2) is 29.2 Å². The van der Waals surface area contributed by atoms with Gasteiger partial charge in [0.2, 0.25) is 15.9 Å². The second kappa shape index (κ2) is 6.86. The molecule has 9 heteroatoms. The van der Waals surface area contributed by atoms with Crippen LogP contribution >= 0.6 is 11.6 Å². The summed E-state index contributed by atoms with van der Waals surface area (Å²) >= 11 is 5.70. The Bertz CT molecular complexity index is 887. The molecule has 0 amide bonds. The number of hydrogen-bond donors (Lipinski definition) is 0. The highest BCUT2D eigenvalue weighted by Gasteiger charge is 2.34. The third-order valence-electron chi connectivity index (χ3n) is 3.87. The molecular formula is C16H17ClFN3O3S. The first kappa shape index (κ1) is 18.0. The molecule has 1 aliphatic heterocycles. The predicted molar refractivity (Wildman–Crippen MR) is 90.7 cm³/mol. The van der Waals surface area contributed by atoms with E-state index < -0.39 is 15.8 Å². The second-order valence-corrected chi connectivity index (χ2v) is 8.21. The van der Waals surface area contributed by atoms with Crippen LogP contribution < -0.4 is 4.74 Å². The van der Waals surface area contributed by atoms with E-state index in [0.717, 1.165) is 17.8 Å². The number of aromatic nitrogens is 2.